The number of ether oxygens (including phenoxy) is 2. The number of carbonyl (C=O) groups is 1. The van der Waals surface area contributed by atoms with Crippen molar-refractivity contribution in [2.45, 2.75) is 6.92 Å². The molecule has 0 radical (unpaired) electrons. The molecule has 5 nitrogen and oxygen atoms in total. The van der Waals surface area contributed by atoms with Gasteiger partial charge < -0.3 is 14.8 Å². The predicted octanol–water partition coefficient (Wildman–Crippen LogP) is 4.15. The Morgan fingerprint density at radius 2 is 1.92 bits per heavy atom. The summed E-state index contributed by atoms with van der Waals surface area (Å²) in [7, 11) is 3.11. The number of methoxy groups -OCH3 is 2. The normalized spacial score (nSPS) is 10.6. The summed E-state index contributed by atoms with van der Waals surface area (Å²) in [5.41, 5.74) is 0.841. The molecule has 6 heteroatoms. The number of halogens is 1. The zero-order valence-electron chi connectivity index (χ0n) is 14.8. The van der Waals surface area contributed by atoms with Crippen LogP contribution in [0.3, 0.4) is 0 Å². The van der Waals surface area contributed by atoms with E-state index in [-0.39, 0.29) is 16.8 Å². The molecular weight excluding hydrogens is 398 g/mol. The third-order valence-electron chi connectivity index (χ3n) is 3.67. The van der Waals surface area contributed by atoms with E-state index in [4.69, 9.17) is 9.47 Å². The minimum atomic E-state index is -0.385. The molecule has 0 aliphatic carbocycles. The molecule has 136 valence electrons. The standard InChI is InChI=1S/C20H20BrNO4/c1-4-22-17-9-7-14(21)11-16(20(17)24)18(23)10-6-13-5-8-15(25-2)12-19(13)26-3/h5-12H,4H2,1-3H3,(H,22,24). The highest BCUT2D eigenvalue weighted by molar-refractivity contribution is 9.10. The van der Waals surface area contributed by atoms with E-state index in [0.29, 0.717) is 33.8 Å². The number of rotatable bonds is 7. The molecule has 2 aromatic carbocycles. The topological polar surface area (TPSA) is 64.6 Å². The first-order valence-electron chi connectivity index (χ1n) is 8.02. The maximum atomic E-state index is 12.6. The zero-order valence-corrected chi connectivity index (χ0v) is 16.4. The summed E-state index contributed by atoms with van der Waals surface area (Å²) < 4.78 is 11.1. The molecule has 0 unspecified atom stereocenters. The summed E-state index contributed by atoms with van der Waals surface area (Å²) in [5, 5.41) is 2.98. The first-order chi connectivity index (χ1) is 12.5. The summed E-state index contributed by atoms with van der Waals surface area (Å²) in [6.45, 7) is 2.47. The van der Waals surface area contributed by atoms with Crippen LogP contribution < -0.4 is 20.2 Å². The highest BCUT2D eigenvalue weighted by Gasteiger charge is 2.11. The first-order valence-corrected chi connectivity index (χ1v) is 8.81. The molecule has 0 bridgehead atoms. The lowest BCUT2D eigenvalue weighted by atomic mass is 10.1. The summed E-state index contributed by atoms with van der Waals surface area (Å²) in [5.74, 6) is 0.842. The number of allylic oxidation sites excluding steroid dienone is 1. The monoisotopic (exact) mass is 417 g/mol. The van der Waals surface area contributed by atoms with E-state index in [1.165, 1.54) is 12.1 Å². The van der Waals surface area contributed by atoms with Crippen molar-refractivity contribution in [2.24, 2.45) is 0 Å². The molecule has 1 N–H and O–H groups in total. The van der Waals surface area contributed by atoms with Gasteiger partial charge in [-0.25, -0.2) is 0 Å². The SMILES string of the molecule is CCNc1ccc(Br)cc(C(=O)C=Cc2ccc(OC)cc2OC)c1=O. The zero-order chi connectivity index (χ0) is 19.1. The van der Waals surface area contributed by atoms with Crippen molar-refractivity contribution < 1.29 is 14.3 Å². The van der Waals surface area contributed by atoms with Crippen LogP contribution >= 0.6 is 15.9 Å². The van der Waals surface area contributed by atoms with E-state index in [0.717, 1.165) is 0 Å². The summed E-state index contributed by atoms with van der Waals surface area (Å²) in [6, 6.07) is 10.2. The van der Waals surface area contributed by atoms with Crippen molar-refractivity contribution in [1.29, 1.82) is 0 Å². The molecule has 2 aromatic rings. The van der Waals surface area contributed by atoms with Crippen molar-refractivity contribution in [1.82, 2.24) is 0 Å². The highest BCUT2D eigenvalue weighted by atomic mass is 79.9. The van der Waals surface area contributed by atoms with Crippen LogP contribution in [0.4, 0.5) is 5.69 Å². The Labute approximate surface area is 160 Å². The fourth-order valence-corrected chi connectivity index (χ4v) is 2.72. The number of hydrogen-bond acceptors (Lipinski definition) is 5. The fraction of sp³-hybridized carbons (Fsp3) is 0.200. The smallest absolute Gasteiger partial charge is 0.212 e. The predicted molar refractivity (Wildman–Crippen MR) is 107 cm³/mol. The summed E-state index contributed by atoms with van der Waals surface area (Å²) >= 11 is 3.34. The van der Waals surface area contributed by atoms with Crippen molar-refractivity contribution in [3.05, 3.63) is 68.3 Å². The summed E-state index contributed by atoms with van der Waals surface area (Å²) in [4.78, 5) is 25.2. The van der Waals surface area contributed by atoms with Crippen molar-refractivity contribution in [3.63, 3.8) is 0 Å². The van der Waals surface area contributed by atoms with Crippen LogP contribution in [0, 0.1) is 0 Å². The lowest BCUT2D eigenvalue weighted by molar-refractivity contribution is 0.104. The molecule has 0 heterocycles. The Kier molecular flexibility index (Phi) is 6.97. The van der Waals surface area contributed by atoms with E-state index in [2.05, 4.69) is 21.2 Å². The van der Waals surface area contributed by atoms with Gasteiger partial charge in [0, 0.05) is 22.6 Å². The third-order valence-corrected chi connectivity index (χ3v) is 4.16. The Bertz CT molecular complexity index is 893. The lowest BCUT2D eigenvalue weighted by Crippen LogP contribution is -2.15. The first kappa shape index (κ1) is 19.7. The van der Waals surface area contributed by atoms with E-state index in [9.17, 15) is 9.59 Å². The van der Waals surface area contributed by atoms with Crippen molar-refractivity contribution in [3.8, 4) is 11.5 Å². The quantitative estimate of drug-likeness (QED) is 0.541. The Morgan fingerprint density at radius 1 is 1.15 bits per heavy atom. The second-order valence-corrected chi connectivity index (χ2v) is 6.27. The Balaban J connectivity index is 2.41. The van der Waals surface area contributed by atoms with Crippen molar-refractivity contribution in [2.75, 3.05) is 26.1 Å². The van der Waals surface area contributed by atoms with Crippen LogP contribution in [0.5, 0.6) is 11.5 Å². The van der Waals surface area contributed by atoms with Gasteiger partial charge in [-0.05, 0) is 49.4 Å². The van der Waals surface area contributed by atoms with Crippen LogP contribution in [0.1, 0.15) is 22.8 Å². The van der Waals surface area contributed by atoms with Gasteiger partial charge >= 0.3 is 0 Å². The number of hydrogen-bond donors (Lipinski definition) is 1. The molecular formula is C20H20BrNO4. The molecule has 26 heavy (non-hydrogen) atoms. The van der Waals surface area contributed by atoms with Gasteiger partial charge in [-0.2, -0.15) is 0 Å². The van der Waals surface area contributed by atoms with Crippen LogP contribution in [0.2, 0.25) is 0 Å². The molecule has 0 spiro atoms. The third kappa shape index (κ3) is 4.73. The molecule has 0 atom stereocenters. The second kappa shape index (κ2) is 9.20. The Morgan fingerprint density at radius 3 is 2.58 bits per heavy atom. The van der Waals surface area contributed by atoms with E-state index in [1.807, 2.05) is 6.92 Å². The minimum absolute atomic E-state index is 0.0848. The van der Waals surface area contributed by atoms with Gasteiger partial charge in [0.2, 0.25) is 5.43 Å². The molecule has 0 aliphatic heterocycles. The molecule has 0 saturated heterocycles. The number of anilines is 1. The van der Waals surface area contributed by atoms with Crippen LogP contribution in [0.25, 0.3) is 6.08 Å². The van der Waals surface area contributed by atoms with Gasteiger partial charge in [-0.15, -0.1) is 0 Å². The van der Waals surface area contributed by atoms with Gasteiger partial charge in [0.05, 0.1) is 25.5 Å². The van der Waals surface area contributed by atoms with E-state index < -0.39 is 0 Å². The maximum absolute atomic E-state index is 12.6. The van der Waals surface area contributed by atoms with Gasteiger partial charge in [0.25, 0.3) is 0 Å². The average molecular weight is 418 g/mol. The highest BCUT2D eigenvalue weighted by Crippen LogP contribution is 2.25. The average Bonchev–Trinajstić information content (AvgIpc) is 2.79. The molecule has 0 saturated carbocycles. The molecule has 0 fully saturated rings. The second-order valence-electron chi connectivity index (χ2n) is 5.35. The summed E-state index contributed by atoms with van der Waals surface area (Å²) in [6.07, 6.45) is 2.98. The molecule has 0 aliphatic rings. The van der Waals surface area contributed by atoms with Gasteiger partial charge in [0.1, 0.15) is 11.5 Å². The molecule has 0 aromatic heterocycles. The number of benzene rings is 1. The van der Waals surface area contributed by atoms with E-state index >= 15 is 0 Å². The maximum Gasteiger partial charge on any atom is 0.212 e. The van der Waals surface area contributed by atoms with Crippen LogP contribution in [0.15, 0.2) is 51.7 Å². The number of carbonyl (C=O) groups excluding carboxylic acids is 1. The Hall–Kier alpha value is -2.60. The van der Waals surface area contributed by atoms with Crippen LogP contribution in [-0.4, -0.2) is 26.5 Å². The fourth-order valence-electron chi connectivity index (χ4n) is 2.36. The minimum Gasteiger partial charge on any atom is -0.497 e. The molecule has 2 rings (SSSR count). The van der Waals surface area contributed by atoms with Gasteiger partial charge in [-0.1, -0.05) is 15.9 Å². The van der Waals surface area contributed by atoms with Crippen LogP contribution in [-0.2, 0) is 0 Å². The molecule has 0 amide bonds. The van der Waals surface area contributed by atoms with Gasteiger partial charge in [-0.3, -0.25) is 9.59 Å². The number of ketones is 1. The van der Waals surface area contributed by atoms with Gasteiger partial charge in [0.15, 0.2) is 5.78 Å². The van der Waals surface area contributed by atoms with E-state index in [1.54, 1.807) is 50.6 Å². The van der Waals surface area contributed by atoms with Crippen molar-refractivity contribution >= 4 is 33.5 Å². The number of nitrogens with one attached hydrogen (secondary N) is 1. The largest absolute Gasteiger partial charge is 0.497 e. The lowest BCUT2D eigenvalue weighted by Gasteiger charge is -2.07.